The van der Waals surface area contributed by atoms with Gasteiger partial charge in [0.2, 0.25) is 5.82 Å². The number of thiocarbonyl (C=S) groups is 1. The van der Waals surface area contributed by atoms with Crippen molar-refractivity contribution in [1.82, 2.24) is 4.90 Å². The summed E-state index contributed by atoms with van der Waals surface area (Å²) in [6, 6.07) is 0. The third-order valence-electron chi connectivity index (χ3n) is 2.46. The second-order valence-corrected chi connectivity index (χ2v) is 4.41. The van der Waals surface area contributed by atoms with E-state index in [2.05, 4.69) is 12.2 Å². The van der Waals surface area contributed by atoms with Gasteiger partial charge in [0.1, 0.15) is 5.56 Å². The fraction of sp³-hybridized carbons (Fsp3) is 0.273. The molecular formula is C11H9F5N2OS. The molecule has 0 aliphatic heterocycles. The van der Waals surface area contributed by atoms with Crippen LogP contribution in [0.3, 0.4) is 0 Å². The highest BCUT2D eigenvalue weighted by atomic mass is 32.1. The van der Waals surface area contributed by atoms with Gasteiger partial charge in [-0.2, -0.15) is 0 Å². The molecule has 1 rings (SSSR count). The Morgan fingerprint density at radius 3 is 1.85 bits per heavy atom. The molecular weight excluding hydrogens is 303 g/mol. The maximum atomic E-state index is 13.4. The van der Waals surface area contributed by atoms with Gasteiger partial charge in [-0.3, -0.25) is 4.79 Å². The summed E-state index contributed by atoms with van der Waals surface area (Å²) in [5.74, 6) is -12.4. The van der Waals surface area contributed by atoms with Crippen LogP contribution in [0.2, 0.25) is 0 Å². The maximum Gasteiger partial charge on any atom is 0.259 e. The van der Waals surface area contributed by atoms with E-state index in [0.717, 1.165) is 11.9 Å². The molecule has 0 bridgehead atoms. The molecule has 0 saturated heterocycles. The SMILES string of the molecule is CN(CCC(N)=S)C(=O)c1c(F)c(F)c(F)c(F)c1F. The van der Waals surface area contributed by atoms with Crippen LogP contribution in [0.5, 0.6) is 0 Å². The van der Waals surface area contributed by atoms with Crippen molar-refractivity contribution in [2.45, 2.75) is 6.42 Å². The summed E-state index contributed by atoms with van der Waals surface area (Å²) >= 11 is 4.55. The number of nitrogens with two attached hydrogens (primary N) is 1. The van der Waals surface area contributed by atoms with E-state index in [9.17, 15) is 26.7 Å². The summed E-state index contributed by atoms with van der Waals surface area (Å²) in [6.45, 7) is -0.117. The lowest BCUT2D eigenvalue weighted by atomic mass is 10.1. The Labute approximate surface area is 116 Å². The number of amides is 1. The number of benzene rings is 1. The Balaban J connectivity index is 3.20. The number of nitrogens with zero attached hydrogens (tertiary/aromatic N) is 1. The summed E-state index contributed by atoms with van der Waals surface area (Å²) in [6.07, 6.45) is 0.0486. The molecule has 3 nitrogen and oxygen atoms in total. The van der Waals surface area contributed by atoms with E-state index in [0.29, 0.717) is 0 Å². The Hall–Kier alpha value is -1.77. The van der Waals surface area contributed by atoms with Gasteiger partial charge in [-0.1, -0.05) is 12.2 Å². The molecule has 110 valence electrons. The number of hydrogen-bond donors (Lipinski definition) is 1. The van der Waals surface area contributed by atoms with Crippen molar-refractivity contribution in [3.63, 3.8) is 0 Å². The van der Waals surface area contributed by atoms with Crippen molar-refractivity contribution in [2.24, 2.45) is 5.73 Å². The van der Waals surface area contributed by atoms with Gasteiger partial charge in [-0.25, -0.2) is 22.0 Å². The minimum absolute atomic E-state index is 0.0436. The standard InChI is InChI=1S/C11H9F5N2OS/c1-18(3-2-4(17)20)11(19)5-6(12)8(14)10(16)9(15)7(5)13/h2-3H2,1H3,(H2,17,20). The molecule has 0 saturated carbocycles. The second kappa shape index (κ2) is 6.12. The van der Waals surface area contributed by atoms with Crippen LogP contribution in [0.25, 0.3) is 0 Å². The number of halogens is 5. The summed E-state index contributed by atoms with van der Waals surface area (Å²) in [5, 5.41) is 0. The Kier molecular flexibility index (Phi) is 4.98. The van der Waals surface area contributed by atoms with Crippen LogP contribution in [-0.2, 0) is 0 Å². The van der Waals surface area contributed by atoms with Crippen LogP contribution in [0, 0.1) is 29.1 Å². The first-order valence-electron chi connectivity index (χ1n) is 5.23. The van der Waals surface area contributed by atoms with Crippen LogP contribution < -0.4 is 5.73 Å². The molecule has 0 aliphatic rings. The molecule has 1 aromatic carbocycles. The number of hydrogen-bond acceptors (Lipinski definition) is 2. The average Bonchev–Trinajstić information content (AvgIpc) is 2.40. The third kappa shape index (κ3) is 3.03. The van der Waals surface area contributed by atoms with Crippen LogP contribution in [0.4, 0.5) is 22.0 Å². The molecule has 0 fully saturated rings. The first-order valence-corrected chi connectivity index (χ1v) is 5.64. The molecule has 0 heterocycles. The Morgan fingerprint density at radius 2 is 1.45 bits per heavy atom. The van der Waals surface area contributed by atoms with E-state index in [1.807, 2.05) is 0 Å². The molecule has 1 aromatic rings. The van der Waals surface area contributed by atoms with Crippen molar-refractivity contribution in [2.75, 3.05) is 13.6 Å². The minimum atomic E-state index is -2.32. The summed E-state index contributed by atoms with van der Waals surface area (Å²) in [7, 11) is 1.12. The van der Waals surface area contributed by atoms with Crippen LogP contribution in [-0.4, -0.2) is 29.4 Å². The fourth-order valence-electron chi connectivity index (χ4n) is 1.36. The van der Waals surface area contributed by atoms with E-state index in [4.69, 9.17) is 5.73 Å². The van der Waals surface area contributed by atoms with E-state index in [1.54, 1.807) is 0 Å². The molecule has 0 aromatic heterocycles. The molecule has 0 unspecified atom stereocenters. The summed E-state index contributed by atoms with van der Waals surface area (Å²) in [5.41, 5.74) is 3.68. The molecule has 0 spiro atoms. The van der Waals surface area contributed by atoms with Gasteiger partial charge in [0.15, 0.2) is 23.3 Å². The average molecular weight is 312 g/mol. The number of rotatable bonds is 4. The highest BCUT2D eigenvalue weighted by Gasteiger charge is 2.31. The fourth-order valence-corrected chi connectivity index (χ4v) is 1.45. The van der Waals surface area contributed by atoms with E-state index >= 15 is 0 Å². The molecule has 2 N–H and O–H groups in total. The lowest BCUT2D eigenvalue weighted by Crippen LogP contribution is -2.32. The minimum Gasteiger partial charge on any atom is -0.393 e. The van der Waals surface area contributed by atoms with Gasteiger partial charge >= 0.3 is 0 Å². The largest absolute Gasteiger partial charge is 0.393 e. The lowest BCUT2D eigenvalue weighted by molar-refractivity contribution is 0.0785. The first kappa shape index (κ1) is 16.3. The molecule has 20 heavy (non-hydrogen) atoms. The van der Waals surface area contributed by atoms with Gasteiger partial charge in [0, 0.05) is 20.0 Å². The summed E-state index contributed by atoms with van der Waals surface area (Å²) < 4.78 is 65.6. The van der Waals surface area contributed by atoms with Gasteiger partial charge < -0.3 is 10.6 Å². The smallest absolute Gasteiger partial charge is 0.259 e. The maximum absolute atomic E-state index is 13.4. The molecule has 0 aliphatic carbocycles. The zero-order valence-corrected chi connectivity index (χ0v) is 11.0. The monoisotopic (exact) mass is 312 g/mol. The third-order valence-corrected chi connectivity index (χ3v) is 2.67. The van der Waals surface area contributed by atoms with Gasteiger partial charge in [0.05, 0.1) is 4.99 Å². The Bertz CT molecular complexity index is 549. The zero-order valence-electron chi connectivity index (χ0n) is 10.1. The van der Waals surface area contributed by atoms with E-state index in [-0.39, 0.29) is 18.0 Å². The van der Waals surface area contributed by atoms with Gasteiger partial charge in [-0.15, -0.1) is 0 Å². The molecule has 0 atom stereocenters. The first-order chi connectivity index (χ1) is 9.18. The topological polar surface area (TPSA) is 46.3 Å². The van der Waals surface area contributed by atoms with Crippen LogP contribution in [0.15, 0.2) is 0 Å². The predicted molar refractivity (Wildman–Crippen MR) is 64.6 cm³/mol. The number of carbonyl (C=O) groups excluding carboxylic acids is 1. The quantitative estimate of drug-likeness (QED) is 0.401. The Morgan fingerprint density at radius 1 is 1.05 bits per heavy atom. The van der Waals surface area contributed by atoms with Gasteiger partial charge in [-0.05, 0) is 0 Å². The summed E-state index contributed by atoms with van der Waals surface area (Å²) in [4.78, 5) is 12.5. The van der Waals surface area contributed by atoms with E-state index < -0.39 is 40.6 Å². The second-order valence-electron chi connectivity index (χ2n) is 3.89. The van der Waals surface area contributed by atoms with Crippen molar-refractivity contribution in [1.29, 1.82) is 0 Å². The number of carbonyl (C=O) groups is 1. The highest BCUT2D eigenvalue weighted by Crippen LogP contribution is 2.23. The van der Waals surface area contributed by atoms with Crippen molar-refractivity contribution >= 4 is 23.1 Å². The molecule has 9 heteroatoms. The van der Waals surface area contributed by atoms with Crippen molar-refractivity contribution < 1.29 is 26.7 Å². The molecule has 0 radical (unpaired) electrons. The highest BCUT2D eigenvalue weighted by molar-refractivity contribution is 7.80. The molecule has 1 amide bonds. The predicted octanol–water partition coefficient (Wildman–Crippen LogP) is 2.13. The van der Waals surface area contributed by atoms with Crippen molar-refractivity contribution in [3.8, 4) is 0 Å². The van der Waals surface area contributed by atoms with Crippen LogP contribution >= 0.6 is 12.2 Å². The zero-order chi connectivity index (χ0) is 15.6. The normalized spacial score (nSPS) is 10.5. The lowest BCUT2D eigenvalue weighted by Gasteiger charge is -2.18. The van der Waals surface area contributed by atoms with Gasteiger partial charge in [0.25, 0.3) is 5.91 Å². The van der Waals surface area contributed by atoms with Crippen molar-refractivity contribution in [3.05, 3.63) is 34.6 Å². The van der Waals surface area contributed by atoms with E-state index in [1.165, 1.54) is 0 Å². The van der Waals surface area contributed by atoms with Crippen LogP contribution in [0.1, 0.15) is 16.8 Å².